The lowest BCUT2D eigenvalue weighted by atomic mass is 9.71. The monoisotopic (exact) mass is 365 g/mol. The quantitative estimate of drug-likeness (QED) is 0.743. The Bertz CT molecular complexity index is 806. The van der Waals surface area contributed by atoms with Crippen molar-refractivity contribution in [3.8, 4) is 0 Å². The number of ketones is 1. The third-order valence-electron chi connectivity index (χ3n) is 4.89. The van der Waals surface area contributed by atoms with E-state index < -0.39 is 29.5 Å². The summed E-state index contributed by atoms with van der Waals surface area (Å²) in [4.78, 5) is 29.3. The van der Waals surface area contributed by atoms with E-state index in [1.54, 1.807) is 6.92 Å². The van der Waals surface area contributed by atoms with Crippen LogP contribution in [0.5, 0.6) is 0 Å². The summed E-state index contributed by atoms with van der Waals surface area (Å²) in [5, 5.41) is 0. The Kier molecular flexibility index (Phi) is 4.73. The Hall–Kier alpha value is -2.44. The summed E-state index contributed by atoms with van der Waals surface area (Å²) >= 11 is 0. The number of aliphatic imine (C=N–C) groups is 1. The normalized spacial score (nSPS) is 23.4. The molecular formula is C19H18F3NO3. The highest BCUT2D eigenvalue weighted by atomic mass is 19.4. The van der Waals surface area contributed by atoms with Gasteiger partial charge in [-0.05, 0) is 37.5 Å². The standard InChI is InChI=1S/C19H18F3NO3/c1-10-15(18(25)26-2)16(17-13(23-10)4-3-5-14(17)24)11-6-8-12(9-7-11)19(20,21)22/h6-9,15-16H,3-5H2,1-2H3/t15?,16-/m1/s1. The number of hydrogen-bond acceptors (Lipinski definition) is 4. The van der Waals surface area contributed by atoms with E-state index in [1.165, 1.54) is 19.2 Å². The first-order valence-electron chi connectivity index (χ1n) is 8.30. The van der Waals surface area contributed by atoms with Crippen LogP contribution in [0.4, 0.5) is 13.2 Å². The molecule has 3 rings (SSSR count). The number of halogens is 3. The van der Waals surface area contributed by atoms with Crippen molar-refractivity contribution in [1.82, 2.24) is 0 Å². The highest BCUT2D eigenvalue weighted by Gasteiger charge is 2.43. The van der Waals surface area contributed by atoms with Crippen molar-refractivity contribution in [2.75, 3.05) is 7.11 Å². The van der Waals surface area contributed by atoms with Gasteiger partial charge in [-0.15, -0.1) is 0 Å². The van der Waals surface area contributed by atoms with Crippen molar-refractivity contribution in [2.24, 2.45) is 10.9 Å². The highest BCUT2D eigenvalue weighted by molar-refractivity contribution is 6.08. The average Bonchev–Trinajstić information content (AvgIpc) is 2.59. The van der Waals surface area contributed by atoms with E-state index in [1.807, 2.05) is 0 Å². The second-order valence-electron chi connectivity index (χ2n) is 6.49. The van der Waals surface area contributed by atoms with E-state index in [9.17, 15) is 22.8 Å². The second kappa shape index (κ2) is 6.70. The van der Waals surface area contributed by atoms with E-state index in [-0.39, 0.29) is 5.78 Å². The predicted molar refractivity (Wildman–Crippen MR) is 88.7 cm³/mol. The summed E-state index contributed by atoms with van der Waals surface area (Å²) in [6.45, 7) is 1.68. The number of Topliss-reactive ketones (excluding diaryl/α,β-unsaturated/α-hetero) is 1. The van der Waals surface area contributed by atoms with Crippen LogP contribution in [0.15, 0.2) is 40.5 Å². The third kappa shape index (κ3) is 3.18. The third-order valence-corrected chi connectivity index (χ3v) is 4.89. The molecule has 0 radical (unpaired) electrons. The van der Waals surface area contributed by atoms with E-state index >= 15 is 0 Å². The molecule has 0 saturated carbocycles. The average molecular weight is 365 g/mol. The van der Waals surface area contributed by atoms with E-state index in [0.717, 1.165) is 12.1 Å². The molecule has 0 aromatic heterocycles. The molecule has 1 aromatic rings. The second-order valence-corrected chi connectivity index (χ2v) is 6.49. The minimum absolute atomic E-state index is 0.110. The lowest BCUT2D eigenvalue weighted by molar-refractivity contribution is -0.143. The first-order valence-corrected chi connectivity index (χ1v) is 8.30. The van der Waals surface area contributed by atoms with Gasteiger partial charge >= 0.3 is 12.1 Å². The predicted octanol–water partition coefficient (Wildman–Crippen LogP) is 4.06. The summed E-state index contributed by atoms with van der Waals surface area (Å²) in [5.74, 6) is -2.16. The summed E-state index contributed by atoms with van der Waals surface area (Å²) in [6, 6.07) is 4.60. The van der Waals surface area contributed by atoms with Crippen LogP contribution < -0.4 is 0 Å². The van der Waals surface area contributed by atoms with Gasteiger partial charge in [0.05, 0.1) is 12.7 Å². The Labute approximate surface area is 148 Å². The van der Waals surface area contributed by atoms with Crippen molar-refractivity contribution in [2.45, 2.75) is 38.3 Å². The number of alkyl halides is 3. The molecule has 1 aromatic carbocycles. The van der Waals surface area contributed by atoms with Gasteiger partial charge in [-0.3, -0.25) is 14.6 Å². The van der Waals surface area contributed by atoms with Gasteiger partial charge in [0, 0.05) is 29.3 Å². The van der Waals surface area contributed by atoms with Crippen molar-refractivity contribution >= 4 is 17.5 Å². The van der Waals surface area contributed by atoms with Crippen LogP contribution >= 0.6 is 0 Å². The molecule has 1 aliphatic heterocycles. The van der Waals surface area contributed by atoms with Crippen LogP contribution in [0.2, 0.25) is 0 Å². The Morgan fingerprint density at radius 1 is 1.19 bits per heavy atom. The van der Waals surface area contributed by atoms with Crippen LogP contribution in [0.1, 0.15) is 43.2 Å². The Morgan fingerprint density at radius 3 is 2.42 bits per heavy atom. The SMILES string of the molecule is COC(=O)C1C(C)=NC2=C(C(=O)CCC2)[C@@H]1c1ccc(C(F)(F)F)cc1. The molecule has 0 fully saturated rings. The van der Waals surface area contributed by atoms with Crippen molar-refractivity contribution < 1.29 is 27.5 Å². The van der Waals surface area contributed by atoms with Gasteiger partial charge in [0.1, 0.15) is 5.92 Å². The van der Waals surface area contributed by atoms with Gasteiger partial charge in [-0.1, -0.05) is 12.1 Å². The molecule has 0 spiro atoms. The fourth-order valence-corrected chi connectivity index (χ4v) is 3.68. The minimum Gasteiger partial charge on any atom is -0.468 e. The number of rotatable bonds is 2. The number of benzene rings is 1. The molecule has 2 aliphatic rings. The Balaban J connectivity index is 2.12. The number of nitrogens with zero attached hydrogens (tertiary/aromatic N) is 1. The maximum atomic E-state index is 12.9. The molecule has 0 saturated heterocycles. The van der Waals surface area contributed by atoms with Gasteiger partial charge in [0.2, 0.25) is 0 Å². The largest absolute Gasteiger partial charge is 0.468 e. The van der Waals surface area contributed by atoms with Gasteiger partial charge in [-0.2, -0.15) is 13.2 Å². The van der Waals surface area contributed by atoms with E-state index in [0.29, 0.717) is 41.8 Å². The lowest BCUT2D eigenvalue weighted by Crippen LogP contribution is -2.36. The number of carbonyl (C=O) groups excluding carboxylic acids is 2. The molecule has 1 unspecified atom stereocenters. The summed E-state index contributed by atoms with van der Waals surface area (Å²) in [7, 11) is 1.24. The molecule has 0 N–H and O–H groups in total. The van der Waals surface area contributed by atoms with Gasteiger partial charge < -0.3 is 4.74 Å². The molecule has 0 amide bonds. The van der Waals surface area contributed by atoms with Crippen LogP contribution in [-0.4, -0.2) is 24.6 Å². The molecule has 138 valence electrons. The molecule has 1 heterocycles. The summed E-state index contributed by atoms with van der Waals surface area (Å²) in [5.41, 5.74) is 1.27. The smallest absolute Gasteiger partial charge is 0.416 e. The van der Waals surface area contributed by atoms with Crippen LogP contribution in [0, 0.1) is 5.92 Å². The maximum Gasteiger partial charge on any atom is 0.416 e. The zero-order chi connectivity index (χ0) is 19.1. The molecule has 4 nitrogen and oxygen atoms in total. The number of ether oxygens (including phenoxy) is 1. The van der Waals surface area contributed by atoms with Gasteiger partial charge in [0.15, 0.2) is 5.78 Å². The highest BCUT2D eigenvalue weighted by Crippen LogP contribution is 2.44. The molecule has 26 heavy (non-hydrogen) atoms. The van der Waals surface area contributed by atoms with Crippen LogP contribution in [0.25, 0.3) is 0 Å². The number of carbonyl (C=O) groups is 2. The summed E-state index contributed by atoms with van der Waals surface area (Å²) < 4.78 is 43.4. The minimum atomic E-state index is -4.45. The number of allylic oxidation sites excluding steroid dienone is 2. The zero-order valence-electron chi connectivity index (χ0n) is 14.4. The zero-order valence-corrected chi connectivity index (χ0v) is 14.4. The van der Waals surface area contributed by atoms with Gasteiger partial charge in [0.25, 0.3) is 0 Å². The van der Waals surface area contributed by atoms with E-state index in [4.69, 9.17) is 4.74 Å². The van der Waals surface area contributed by atoms with Gasteiger partial charge in [-0.25, -0.2) is 0 Å². The molecule has 7 heteroatoms. The first-order chi connectivity index (χ1) is 12.2. The first kappa shape index (κ1) is 18.4. The summed E-state index contributed by atoms with van der Waals surface area (Å²) in [6.07, 6.45) is -2.81. The topological polar surface area (TPSA) is 55.7 Å². The maximum absolute atomic E-state index is 12.9. The lowest BCUT2D eigenvalue weighted by Gasteiger charge is -2.34. The number of methoxy groups -OCH3 is 1. The van der Waals surface area contributed by atoms with Crippen LogP contribution in [0.3, 0.4) is 0 Å². The number of esters is 1. The Morgan fingerprint density at radius 2 is 1.85 bits per heavy atom. The molecule has 2 atom stereocenters. The molecular weight excluding hydrogens is 347 g/mol. The molecule has 1 aliphatic carbocycles. The molecule has 0 bridgehead atoms. The fourth-order valence-electron chi connectivity index (χ4n) is 3.68. The van der Waals surface area contributed by atoms with Crippen molar-refractivity contribution in [3.63, 3.8) is 0 Å². The van der Waals surface area contributed by atoms with Crippen molar-refractivity contribution in [3.05, 3.63) is 46.7 Å². The van der Waals surface area contributed by atoms with Crippen molar-refractivity contribution in [1.29, 1.82) is 0 Å². The van der Waals surface area contributed by atoms with Crippen LogP contribution in [-0.2, 0) is 20.5 Å². The number of hydrogen-bond donors (Lipinski definition) is 0. The fraction of sp³-hybridized carbons (Fsp3) is 0.421. The van der Waals surface area contributed by atoms with E-state index in [2.05, 4.69) is 4.99 Å².